The molecule has 0 saturated carbocycles. The van der Waals surface area contributed by atoms with Gasteiger partial charge in [-0.3, -0.25) is 4.90 Å². The minimum atomic E-state index is -0.144. The highest BCUT2D eigenvalue weighted by Gasteiger charge is 2.32. The fourth-order valence-corrected chi connectivity index (χ4v) is 3.52. The highest BCUT2D eigenvalue weighted by atomic mass is 16.5. The van der Waals surface area contributed by atoms with Crippen LogP contribution >= 0.6 is 0 Å². The molecule has 0 bridgehead atoms. The Labute approximate surface area is 137 Å². The van der Waals surface area contributed by atoms with Gasteiger partial charge in [0.05, 0.1) is 23.9 Å². The number of hydrogen-bond acceptors (Lipinski definition) is 5. The van der Waals surface area contributed by atoms with E-state index in [1.165, 1.54) is 11.1 Å². The van der Waals surface area contributed by atoms with Gasteiger partial charge in [0.15, 0.2) is 5.82 Å². The van der Waals surface area contributed by atoms with E-state index >= 15 is 0 Å². The van der Waals surface area contributed by atoms with Gasteiger partial charge in [0, 0.05) is 13.1 Å². The molecule has 1 aliphatic rings. The molecule has 6 nitrogen and oxygen atoms in total. The molecule has 0 N–H and O–H groups in total. The highest BCUT2D eigenvalue weighted by molar-refractivity contribution is 5.46. The van der Waals surface area contributed by atoms with E-state index in [1.54, 1.807) is 0 Å². The van der Waals surface area contributed by atoms with Crippen molar-refractivity contribution in [2.24, 2.45) is 0 Å². The third kappa shape index (κ3) is 3.43. The normalized spacial score (nSPS) is 21.5. The molecular formula is C17H25N5O. The summed E-state index contributed by atoms with van der Waals surface area (Å²) in [5, 5.41) is 12.4. The Balaban J connectivity index is 1.87. The molecule has 1 aromatic carbocycles. The van der Waals surface area contributed by atoms with Crippen LogP contribution in [0.4, 0.5) is 0 Å². The summed E-state index contributed by atoms with van der Waals surface area (Å²) in [6.07, 6.45) is 0.211. The van der Waals surface area contributed by atoms with Gasteiger partial charge in [-0.2, -0.15) is 4.68 Å². The molecule has 1 aromatic heterocycles. The van der Waals surface area contributed by atoms with E-state index in [2.05, 4.69) is 73.2 Å². The monoisotopic (exact) mass is 315 g/mol. The SMILES string of the molecule is Cc1cccc(C)c1-n1nnnc1CN1CC(C)OC(C)(C)C1. The smallest absolute Gasteiger partial charge is 0.170 e. The Morgan fingerprint density at radius 1 is 1.26 bits per heavy atom. The van der Waals surface area contributed by atoms with Gasteiger partial charge in [-0.05, 0) is 56.2 Å². The zero-order valence-corrected chi connectivity index (χ0v) is 14.6. The van der Waals surface area contributed by atoms with Gasteiger partial charge in [-0.1, -0.05) is 18.2 Å². The molecule has 1 unspecified atom stereocenters. The summed E-state index contributed by atoms with van der Waals surface area (Å²) in [5.74, 6) is 0.868. The lowest BCUT2D eigenvalue weighted by Crippen LogP contribution is -2.51. The summed E-state index contributed by atoms with van der Waals surface area (Å²) in [6.45, 7) is 13.0. The molecule has 1 aliphatic heterocycles. The molecule has 1 fully saturated rings. The van der Waals surface area contributed by atoms with E-state index in [0.29, 0.717) is 0 Å². The first-order valence-electron chi connectivity index (χ1n) is 8.10. The standard InChI is InChI=1S/C17H25N5O/c1-12-7-6-8-13(2)16(12)22-15(18-19-20-22)10-21-9-14(3)23-17(4,5)11-21/h6-8,14H,9-11H2,1-5H3. The maximum absolute atomic E-state index is 5.98. The summed E-state index contributed by atoms with van der Waals surface area (Å²) in [5.41, 5.74) is 3.28. The second-order valence-electron chi connectivity index (χ2n) is 7.11. The first-order valence-corrected chi connectivity index (χ1v) is 8.10. The van der Waals surface area contributed by atoms with Crippen molar-refractivity contribution in [1.29, 1.82) is 0 Å². The number of benzene rings is 1. The van der Waals surface area contributed by atoms with E-state index in [4.69, 9.17) is 4.74 Å². The Bertz CT molecular complexity index is 674. The number of rotatable bonds is 3. The summed E-state index contributed by atoms with van der Waals surface area (Å²) < 4.78 is 7.85. The van der Waals surface area contributed by atoms with Crippen LogP contribution in [0.5, 0.6) is 0 Å². The van der Waals surface area contributed by atoms with Crippen LogP contribution in [0, 0.1) is 13.8 Å². The van der Waals surface area contributed by atoms with Crippen LogP contribution in [0.15, 0.2) is 18.2 Å². The fraction of sp³-hybridized carbons (Fsp3) is 0.588. The van der Waals surface area contributed by atoms with Gasteiger partial charge in [0.1, 0.15) is 0 Å². The maximum atomic E-state index is 5.98. The summed E-state index contributed by atoms with van der Waals surface area (Å²) in [7, 11) is 0. The van der Waals surface area contributed by atoms with Gasteiger partial charge in [0.25, 0.3) is 0 Å². The van der Waals surface area contributed by atoms with Crippen LogP contribution in [-0.2, 0) is 11.3 Å². The minimum Gasteiger partial charge on any atom is -0.370 e. The lowest BCUT2D eigenvalue weighted by atomic mass is 10.1. The molecule has 2 heterocycles. The number of hydrogen-bond donors (Lipinski definition) is 0. The average molecular weight is 315 g/mol. The van der Waals surface area contributed by atoms with Crippen molar-refractivity contribution in [3.63, 3.8) is 0 Å². The average Bonchev–Trinajstić information content (AvgIpc) is 2.84. The Hall–Kier alpha value is -1.79. The van der Waals surface area contributed by atoms with Crippen LogP contribution in [0.25, 0.3) is 5.69 Å². The van der Waals surface area contributed by atoms with Crippen LogP contribution in [-0.4, -0.2) is 49.9 Å². The van der Waals surface area contributed by atoms with Crippen molar-refractivity contribution in [2.45, 2.75) is 52.9 Å². The topological polar surface area (TPSA) is 56.1 Å². The van der Waals surface area contributed by atoms with Crippen molar-refractivity contribution in [3.8, 4) is 5.69 Å². The van der Waals surface area contributed by atoms with Crippen molar-refractivity contribution in [1.82, 2.24) is 25.1 Å². The van der Waals surface area contributed by atoms with Crippen molar-refractivity contribution >= 4 is 0 Å². The molecule has 0 aliphatic carbocycles. The van der Waals surface area contributed by atoms with Crippen LogP contribution in [0.1, 0.15) is 37.7 Å². The second-order valence-corrected chi connectivity index (χ2v) is 7.11. The number of ether oxygens (including phenoxy) is 1. The zero-order chi connectivity index (χ0) is 16.6. The van der Waals surface area contributed by atoms with Crippen LogP contribution in [0.3, 0.4) is 0 Å². The largest absolute Gasteiger partial charge is 0.370 e. The Kier molecular flexibility index (Phi) is 4.21. The van der Waals surface area contributed by atoms with Gasteiger partial charge in [0.2, 0.25) is 0 Å². The molecule has 3 rings (SSSR count). The van der Waals surface area contributed by atoms with Gasteiger partial charge < -0.3 is 4.74 Å². The number of tetrazole rings is 1. The molecular weight excluding hydrogens is 290 g/mol. The molecule has 0 spiro atoms. The lowest BCUT2D eigenvalue weighted by molar-refractivity contribution is -0.131. The molecule has 6 heteroatoms. The summed E-state index contributed by atoms with van der Waals surface area (Å²) in [6, 6.07) is 6.24. The number of aryl methyl sites for hydroxylation is 2. The first kappa shape index (κ1) is 16.1. The lowest BCUT2D eigenvalue weighted by Gasteiger charge is -2.41. The third-order valence-corrected chi connectivity index (χ3v) is 4.19. The van der Waals surface area contributed by atoms with Gasteiger partial charge in [-0.25, -0.2) is 0 Å². The number of aromatic nitrogens is 4. The number of nitrogens with zero attached hydrogens (tertiary/aromatic N) is 5. The van der Waals surface area contributed by atoms with E-state index in [9.17, 15) is 0 Å². The molecule has 0 radical (unpaired) electrons. The predicted octanol–water partition coefficient (Wildman–Crippen LogP) is 2.28. The van der Waals surface area contributed by atoms with Crippen molar-refractivity contribution in [3.05, 3.63) is 35.2 Å². The molecule has 1 saturated heterocycles. The van der Waals surface area contributed by atoms with Crippen molar-refractivity contribution < 1.29 is 4.74 Å². The number of para-hydroxylation sites is 1. The fourth-order valence-electron chi connectivity index (χ4n) is 3.52. The molecule has 124 valence electrons. The quantitative estimate of drug-likeness (QED) is 0.870. The third-order valence-electron chi connectivity index (χ3n) is 4.19. The van der Waals surface area contributed by atoms with Crippen molar-refractivity contribution in [2.75, 3.05) is 13.1 Å². The predicted molar refractivity (Wildman–Crippen MR) is 88.5 cm³/mol. The molecule has 23 heavy (non-hydrogen) atoms. The van der Waals surface area contributed by atoms with Gasteiger partial charge in [-0.15, -0.1) is 5.10 Å². The molecule has 2 aromatic rings. The number of morpholine rings is 1. The summed E-state index contributed by atoms with van der Waals surface area (Å²) >= 11 is 0. The van der Waals surface area contributed by atoms with E-state index in [1.807, 2.05) is 4.68 Å². The van der Waals surface area contributed by atoms with E-state index in [-0.39, 0.29) is 11.7 Å². The Morgan fingerprint density at radius 3 is 2.61 bits per heavy atom. The van der Waals surface area contributed by atoms with Gasteiger partial charge >= 0.3 is 0 Å². The van der Waals surface area contributed by atoms with Crippen LogP contribution < -0.4 is 0 Å². The maximum Gasteiger partial charge on any atom is 0.170 e. The van der Waals surface area contributed by atoms with E-state index in [0.717, 1.165) is 31.1 Å². The summed E-state index contributed by atoms with van der Waals surface area (Å²) in [4.78, 5) is 2.37. The van der Waals surface area contributed by atoms with Crippen LogP contribution in [0.2, 0.25) is 0 Å². The molecule has 1 atom stereocenters. The second kappa shape index (κ2) is 6.02. The first-order chi connectivity index (χ1) is 10.9. The minimum absolute atomic E-state index is 0.144. The molecule has 0 amide bonds. The Morgan fingerprint density at radius 2 is 1.96 bits per heavy atom. The highest BCUT2D eigenvalue weighted by Crippen LogP contribution is 2.23. The van der Waals surface area contributed by atoms with E-state index < -0.39 is 0 Å². The zero-order valence-electron chi connectivity index (χ0n) is 14.6.